The molecule has 3 aliphatic heterocycles. The van der Waals surface area contributed by atoms with Gasteiger partial charge in [-0.15, -0.1) is 0 Å². The summed E-state index contributed by atoms with van der Waals surface area (Å²) >= 11 is 0. The molecule has 0 aliphatic carbocycles. The number of phosphoric ester groups is 1. The zero-order chi connectivity index (χ0) is 9.05. The lowest BCUT2D eigenvalue weighted by atomic mass is 10.1. The van der Waals surface area contributed by atoms with Gasteiger partial charge in [-0.3, -0.25) is 9.05 Å². The largest absolute Gasteiger partial charge is 0.473 e. The van der Waals surface area contributed by atoms with Crippen molar-refractivity contribution in [3.8, 4) is 0 Å². The first-order chi connectivity index (χ1) is 6.16. The molecule has 3 rings (SSSR count). The van der Waals surface area contributed by atoms with Crippen molar-refractivity contribution in [3.05, 3.63) is 0 Å². The molecule has 4 bridgehead atoms. The van der Waals surface area contributed by atoms with E-state index in [1.54, 1.807) is 0 Å². The van der Waals surface area contributed by atoms with Crippen LogP contribution in [0.1, 0.15) is 0 Å². The topological polar surface area (TPSA) is 74.2 Å². The molecule has 0 aromatic rings. The van der Waals surface area contributed by atoms with Gasteiger partial charge in [0.2, 0.25) is 0 Å². The zero-order valence-corrected chi connectivity index (χ0v) is 7.55. The van der Waals surface area contributed by atoms with Crippen LogP contribution in [-0.2, 0) is 23.1 Å². The van der Waals surface area contributed by atoms with E-state index in [1.165, 1.54) is 0 Å². The summed E-state index contributed by atoms with van der Waals surface area (Å²) in [6.45, 7) is 0.611. The lowest BCUT2D eigenvalue weighted by Gasteiger charge is -2.22. The summed E-state index contributed by atoms with van der Waals surface area (Å²) in [5.41, 5.74) is 0. The van der Waals surface area contributed by atoms with E-state index in [4.69, 9.17) is 18.5 Å². The molecule has 6 nitrogen and oxygen atoms in total. The maximum Gasteiger partial charge on any atom is 0.473 e. The van der Waals surface area contributed by atoms with Crippen LogP contribution in [0.25, 0.3) is 0 Å². The fraction of sp³-hybridized carbons (Fsp3) is 1.00. The molecule has 4 atom stereocenters. The highest BCUT2D eigenvalue weighted by atomic mass is 31.2. The standard InChI is InChI=1S/C6H9O6P/c7-13(8)11-3-1-9-6-4(12-13)2-10-5(3)6/h3-6H,1-2H2,(H,7,8)/t3-,4-,5-,6-/m1/s1. The Labute approximate surface area is 74.3 Å². The number of hydrogen-bond acceptors (Lipinski definition) is 5. The second-order valence-corrected chi connectivity index (χ2v) is 4.71. The van der Waals surface area contributed by atoms with E-state index < -0.39 is 20.0 Å². The highest BCUT2D eigenvalue weighted by molar-refractivity contribution is 7.47. The lowest BCUT2D eigenvalue weighted by molar-refractivity contribution is -0.0370. The summed E-state index contributed by atoms with van der Waals surface area (Å²) < 4.78 is 31.6. The predicted molar refractivity (Wildman–Crippen MR) is 39.1 cm³/mol. The Bertz CT molecular complexity index is 256. The van der Waals surface area contributed by atoms with Crippen LogP contribution in [-0.4, -0.2) is 42.5 Å². The van der Waals surface area contributed by atoms with Crippen LogP contribution in [0, 0.1) is 0 Å². The molecule has 0 aromatic heterocycles. The van der Waals surface area contributed by atoms with Crippen molar-refractivity contribution in [2.75, 3.05) is 13.2 Å². The first kappa shape index (κ1) is 8.35. The van der Waals surface area contributed by atoms with Gasteiger partial charge in [0.15, 0.2) is 0 Å². The van der Waals surface area contributed by atoms with Crippen molar-refractivity contribution in [1.82, 2.24) is 0 Å². The third-order valence-corrected chi connectivity index (χ3v) is 3.57. The Morgan fingerprint density at radius 2 is 1.54 bits per heavy atom. The van der Waals surface area contributed by atoms with Gasteiger partial charge in [-0.05, 0) is 0 Å². The SMILES string of the molecule is O=P1(O)O[C@@H]2CO[C@H]3[C@@H]2OC[C@H]3O1. The van der Waals surface area contributed by atoms with Crippen molar-refractivity contribution < 1.29 is 28.0 Å². The number of hydrogen-bond donors (Lipinski definition) is 1. The summed E-state index contributed by atoms with van der Waals surface area (Å²) in [6.07, 6.45) is -1.41. The second-order valence-electron chi connectivity index (χ2n) is 3.35. The molecule has 0 radical (unpaired) electrons. The monoisotopic (exact) mass is 208 g/mol. The first-order valence-electron chi connectivity index (χ1n) is 4.08. The van der Waals surface area contributed by atoms with E-state index >= 15 is 0 Å². The van der Waals surface area contributed by atoms with Gasteiger partial charge in [0.25, 0.3) is 0 Å². The second kappa shape index (κ2) is 2.53. The Kier molecular flexibility index (Phi) is 1.63. The third-order valence-electron chi connectivity index (χ3n) is 2.50. The average Bonchev–Trinajstić information content (AvgIpc) is 2.49. The molecule has 0 amide bonds. The molecular weight excluding hydrogens is 199 g/mol. The summed E-state index contributed by atoms with van der Waals surface area (Å²) in [4.78, 5) is 9.20. The van der Waals surface area contributed by atoms with Crippen LogP contribution in [0.15, 0.2) is 0 Å². The minimum Gasteiger partial charge on any atom is -0.370 e. The van der Waals surface area contributed by atoms with Gasteiger partial charge in [0, 0.05) is 0 Å². The van der Waals surface area contributed by atoms with Crippen LogP contribution in [0.2, 0.25) is 0 Å². The van der Waals surface area contributed by atoms with Gasteiger partial charge < -0.3 is 14.4 Å². The summed E-state index contributed by atoms with van der Waals surface area (Å²) in [6, 6.07) is 0. The maximum atomic E-state index is 11.2. The molecular formula is C6H9O6P. The molecule has 7 heteroatoms. The maximum absolute atomic E-state index is 11.2. The molecule has 0 saturated carbocycles. The Morgan fingerprint density at radius 3 is 2.00 bits per heavy atom. The van der Waals surface area contributed by atoms with Crippen molar-refractivity contribution in [2.45, 2.75) is 24.4 Å². The summed E-state index contributed by atoms with van der Waals surface area (Å²) in [5.74, 6) is 0. The number of rotatable bonds is 0. The Hall–Kier alpha value is 0.0300. The fourth-order valence-electron chi connectivity index (χ4n) is 1.98. The van der Waals surface area contributed by atoms with Crippen LogP contribution >= 0.6 is 7.82 Å². The predicted octanol–water partition coefficient (Wildman–Crippen LogP) is -0.332. The number of phosphoric acid groups is 1. The van der Waals surface area contributed by atoms with E-state index in [9.17, 15) is 9.46 Å². The minimum absolute atomic E-state index is 0.243. The molecule has 3 saturated heterocycles. The normalized spacial score (nSPS) is 59.5. The molecule has 3 fully saturated rings. The lowest BCUT2D eigenvalue weighted by Crippen LogP contribution is -2.29. The van der Waals surface area contributed by atoms with Gasteiger partial charge >= 0.3 is 7.82 Å². The van der Waals surface area contributed by atoms with Gasteiger partial charge in [-0.25, -0.2) is 4.57 Å². The average molecular weight is 208 g/mol. The van der Waals surface area contributed by atoms with E-state index in [2.05, 4.69) is 0 Å². The van der Waals surface area contributed by atoms with Crippen molar-refractivity contribution in [1.29, 1.82) is 0 Å². The van der Waals surface area contributed by atoms with Gasteiger partial charge in [-0.1, -0.05) is 0 Å². The van der Waals surface area contributed by atoms with Crippen LogP contribution < -0.4 is 0 Å². The van der Waals surface area contributed by atoms with Crippen molar-refractivity contribution in [3.63, 3.8) is 0 Å². The van der Waals surface area contributed by atoms with Crippen LogP contribution in [0.4, 0.5) is 0 Å². The molecule has 1 N–H and O–H groups in total. The molecule has 0 spiro atoms. The summed E-state index contributed by atoms with van der Waals surface area (Å²) in [5, 5.41) is 0. The highest BCUT2D eigenvalue weighted by Gasteiger charge is 2.56. The van der Waals surface area contributed by atoms with Crippen LogP contribution in [0.5, 0.6) is 0 Å². The number of ether oxygens (including phenoxy) is 2. The van der Waals surface area contributed by atoms with E-state index in [-0.39, 0.29) is 12.2 Å². The molecule has 3 heterocycles. The molecule has 0 aromatic carbocycles. The quantitative estimate of drug-likeness (QED) is 0.549. The Balaban J connectivity index is 1.97. The molecule has 0 unspecified atom stereocenters. The summed E-state index contributed by atoms with van der Waals surface area (Å²) in [7, 11) is -3.87. The first-order valence-corrected chi connectivity index (χ1v) is 5.58. The minimum atomic E-state index is -3.87. The smallest absolute Gasteiger partial charge is 0.370 e. The van der Waals surface area contributed by atoms with Crippen molar-refractivity contribution >= 4 is 7.82 Å². The van der Waals surface area contributed by atoms with Crippen LogP contribution in [0.3, 0.4) is 0 Å². The highest BCUT2D eigenvalue weighted by Crippen LogP contribution is 2.53. The van der Waals surface area contributed by atoms with E-state index in [0.717, 1.165) is 0 Å². The molecule has 13 heavy (non-hydrogen) atoms. The van der Waals surface area contributed by atoms with E-state index in [0.29, 0.717) is 13.2 Å². The van der Waals surface area contributed by atoms with Gasteiger partial charge in [0.1, 0.15) is 24.4 Å². The fourth-order valence-corrected chi connectivity index (χ4v) is 3.07. The molecule has 74 valence electrons. The Morgan fingerprint density at radius 1 is 1.08 bits per heavy atom. The third kappa shape index (κ3) is 1.18. The van der Waals surface area contributed by atoms with Gasteiger partial charge in [-0.2, -0.15) is 0 Å². The van der Waals surface area contributed by atoms with E-state index in [1.807, 2.05) is 0 Å². The van der Waals surface area contributed by atoms with Crippen molar-refractivity contribution in [2.24, 2.45) is 0 Å². The zero-order valence-electron chi connectivity index (χ0n) is 6.66. The molecule has 3 aliphatic rings. The van der Waals surface area contributed by atoms with Gasteiger partial charge in [0.05, 0.1) is 13.2 Å².